The highest BCUT2D eigenvalue weighted by Gasteiger charge is 2.14. The molecule has 98 valence electrons. The van der Waals surface area contributed by atoms with Gasteiger partial charge in [-0.1, -0.05) is 12.1 Å². The highest BCUT2D eigenvalue weighted by atomic mass is 32.2. The maximum absolute atomic E-state index is 13.4. The van der Waals surface area contributed by atoms with Crippen LogP contribution in [-0.2, 0) is 0 Å². The topological polar surface area (TPSA) is 17.1 Å². The van der Waals surface area contributed by atoms with Crippen molar-refractivity contribution >= 4 is 17.5 Å². The van der Waals surface area contributed by atoms with E-state index in [-0.39, 0.29) is 11.3 Å². The van der Waals surface area contributed by atoms with Crippen LogP contribution in [0.3, 0.4) is 0 Å². The Morgan fingerprint density at radius 2 is 1.74 bits per heavy atom. The minimum absolute atomic E-state index is 0.151. The lowest BCUT2D eigenvalue weighted by Crippen LogP contribution is -2.06. The van der Waals surface area contributed by atoms with Crippen molar-refractivity contribution in [1.82, 2.24) is 0 Å². The third-order valence-corrected chi connectivity index (χ3v) is 3.47. The number of carbonyl (C=O) groups is 1. The van der Waals surface area contributed by atoms with Crippen molar-refractivity contribution in [3.8, 4) is 0 Å². The highest BCUT2D eigenvalue weighted by molar-refractivity contribution is 8.00. The van der Waals surface area contributed by atoms with E-state index in [1.54, 1.807) is 6.07 Å². The smallest absolute Gasteiger partial charge is 0.176 e. The second-order valence-corrected chi connectivity index (χ2v) is 4.78. The van der Waals surface area contributed by atoms with E-state index >= 15 is 0 Å². The SMILES string of the molecule is O=C(CSc1ccccc1F)c1cc(F)ccc1F. The molecular weight excluding hydrogens is 273 g/mol. The third-order valence-electron chi connectivity index (χ3n) is 2.42. The zero-order valence-electron chi connectivity index (χ0n) is 9.70. The van der Waals surface area contributed by atoms with E-state index in [0.717, 1.165) is 30.0 Å². The molecule has 0 fully saturated rings. The van der Waals surface area contributed by atoms with E-state index in [0.29, 0.717) is 4.90 Å². The first-order valence-electron chi connectivity index (χ1n) is 5.43. The van der Waals surface area contributed by atoms with Crippen LogP contribution in [0.2, 0.25) is 0 Å². The number of benzene rings is 2. The van der Waals surface area contributed by atoms with Crippen LogP contribution in [0.1, 0.15) is 10.4 Å². The lowest BCUT2D eigenvalue weighted by Gasteiger charge is -2.04. The summed E-state index contributed by atoms with van der Waals surface area (Å²) >= 11 is 0.951. The van der Waals surface area contributed by atoms with Crippen molar-refractivity contribution in [3.05, 3.63) is 65.5 Å². The quantitative estimate of drug-likeness (QED) is 0.621. The Labute approximate surface area is 112 Å². The van der Waals surface area contributed by atoms with Crippen molar-refractivity contribution in [2.24, 2.45) is 0 Å². The Bertz CT molecular complexity index is 613. The van der Waals surface area contributed by atoms with Crippen molar-refractivity contribution < 1.29 is 18.0 Å². The van der Waals surface area contributed by atoms with Crippen molar-refractivity contribution in [1.29, 1.82) is 0 Å². The fourth-order valence-electron chi connectivity index (χ4n) is 1.49. The number of Topliss-reactive ketones (excluding diaryl/α,β-unsaturated/α-hetero) is 1. The monoisotopic (exact) mass is 282 g/mol. The molecule has 0 saturated carbocycles. The molecule has 2 rings (SSSR count). The Balaban J connectivity index is 2.10. The number of thioether (sulfide) groups is 1. The van der Waals surface area contributed by atoms with Gasteiger partial charge in [-0.3, -0.25) is 4.79 Å². The molecule has 0 heterocycles. The number of carbonyl (C=O) groups excluding carboxylic acids is 1. The molecule has 2 aromatic carbocycles. The van der Waals surface area contributed by atoms with Crippen LogP contribution in [0.15, 0.2) is 47.4 Å². The van der Waals surface area contributed by atoms with Gasteiger partial charge >= 0.3 is 0 Å². The minimum Gasteiger partial charge on any atom is -0.293 e. The molecule has 5 heteroatoms. The van der Waals surface area contributed by atoms with Gasteiger partial charge in [0.1, 0.15) is 17.5 Å². The molecule has 0 radical (unpaired) electrons. The average Bonchev–Trinajstić information content (AvgIpc) is 2.40. The molecule has 0 unspecified atom stereocenters. The van der Waals surface area contributed by atoms with Crippen LogP contribution in [0.5, 0.6) is 0 Å². The van der Waals surface area contributed by atoms with E-state index in [2.05, 4.69) is 0 Å². The molecule has 0 spiro atoms. The van der Waals surface area contributed by atoms with Crippen molar-refractivity contribution in [3.63, 3.8) is 0 Å². The van der Waals surface area contributed by atoms with Crippen LogP contribution >= 0.6 is 11.8 Å². The molecule has 1 nitrogen and oxygen atoms in total. The maximum atomic E-state index is 13.4. The summed E-state index contributed by atoms with van der Waals surface area (Å²) in [5.74, 6) is -2.63. The predicted octanol–water partition coefficient (Wildman–Crippen LogP) is 4.08. The largest absolute Gasteiger partial charge is 0.293 e. The van der Waals surface area contributed by atoms with Crippen LogP contribution in [0, 0.1) is 17.5 Å². The maximum Gasteiger partial charge on any atom is 0.176 e. The number of rotatable bonds is 4. The van der Waals surface area contributed by atoms with Crippen LogP contribution in [0.4, 0.5) is 13.2 Å². The summed E-state index contributed by atoms with van der Waals surface area (Å²) in [4.78, 5) is 12.1. The van der Waals surface area contributed by atoms with Gasteiger partial charge in [-0.05, 0) is 30.3 Å². The molecule has 0 amide bonds. The lowest BCUT2D eigenvalue weighted by molar-refractivity contribution is 0.101. The van der Waals surface area contributed by atoms with E-state index in [4.69, 9.17) is 0 Å². The molecule has 0 saturated heterocycles. The van der Waals surface area contributed by atoms with Gasteiger partial charge in [0.05, 0.1) is 11.3 Å². The van der Waals surface area contributed by atoms with Gasteiger partial charge in [-0.15, -0.1) is 11.8 Å². The summed E-state index contributed by atoms with van der Waals surface area (Å²) in [6.45, 7) is 0. The lowest BCUT2D eigenvalue weighted by atomic mass is 10.1. The van der Waals surface area contributed by atoms with Gasteiger partial charge in [-0.25, -0.2) is 13.2 Å². The predicted molar refractivity (Wildman–Crippen MR) is 67.8 cm³/mol. The van der Waals surface area contributed by atoms with Gasteiger partial charge in [0.15, 0.2) is 5.78 Å². The van der Waals surface area contributed by atoms with Gasteiger partial charge in [0.2, 0.25) is 0 Å². The molecule has 2 aromatic rings. The van der Waals surface area contributed by atoms with E-state index in [1.807, 2.05) is 0 Å². The van der Waals surface area contributed by atoms with Crippen molar-refractivity contribution in [2.75, 3.05) is 5.75 Å². The summed E-state index contributed by atoms with van der Waals surface area (Å²) in [7, 11) is 0. The second kappa shape index (κ2) is 5.93. The summed E-state index contributed by atoms with van der Waals surface area (Å²) in [6.07, 6.45) is 0. The molecule has 0 aliphatic carbocycles. The molecule has 0 aliphatic rings. The standard InChI is InChI=1S/C14H9F3OS/c15-9-5-6-11(16)10(7-9)13(18)8-19-14-4-2-1-3-12(14)17/h1-7H,8H2. The molecule has 0 atom stereocenters. The first kappa shape index (κ1) is 13.7. The Morgan fingerprint density at radius 3 is 2.47 bits per heavy atom. The number of hydrogen-bond acceptors (Lipinski definition) is 2. The van der Waals surface area contributed by atoms with Gasteiger partial charge in [-0.2, -0.15) is 0 Å². The summed E-state index contributed by atoms with van der Waals surface area (Å²) < 4.78 is 39.6. The Hall–Kier alpha value is -1.75. The van der Waals surface area contributed by atoms with E-state index in [9.17, 15) is 18.0 Å². The highest BCUT2D eigenvalue weighted by Crippen LogP contribution is 2.23. The minimum atomic E-state index is -0.777. The summed E-state index contributed by atoms with van der Waals surface area (Å²) in [5.41, 5.74) is -0.316. The van der Waals surface area contributed by atoms with Gasteiger partial charge in [0.25, 0.3) is 0 Å². The van der Waals surface area contributed by atoms with Crippen LogP contribution in [0.25, 0.3) is 0 Å². The molecular formula is C14H9F3OS. The van der Waals surface area contributed by atoms with Gasteiger partial charge < -0.3 is 0 Å². The zero-order valence-corrected chi connectivity index (χ0v) is 10.5. The molecule has 0 aromatic heterocycles. The van der Waals surface area contributed by atoms with E-state index in [1.165, 1.54) is 18.2 Å². The third kappa shape index (κ3) is 3.38. The number of hydrogen-bond donors (Lipinski definition) is 0. The average molecular weight is 282 g/mol. The fraction of sp³-hybridized carbons (Fsp3) is 0.0714. The normalized spacial score (nSPS) is 10.5. The van der Waals surface area contributed by atoms with Gasteiger partial charge in [0, 0.05) is 4.90 Å². The Kier molecular flexibility index (Phi) is 4.27. The number of ketones is 1. The Morgan fingerprint density at radius 1 is 1.00 bits per heavy atom. The van der Waals surface area contributed by atoms with Crippen LogP contribution in [-0.4, -0.2) is 11.5 Å². The second-order valence-electron chi connectivity index (χ2n) is 3.77. The van der Waals surface area contributed by atoms with Crippen molar-refractivity contribution in [2.45, 2.75) is 4.90 Å². The first-order chi connectivity index (χ1) is 9.08. The van der Waals surface area contributed by atoms with Crippen LogP contribution < -0.4 is 0 Å². The summed E-state index contributed by atoms with van der Waals surface area (Å²) in [6, 6.07) is 8.66. The number of halogens is 3. The molecule has 0 bridgehead atoms. The molecule has 0 N–H and O–H groups in total. The zero-order chi connectivity index (χ0) is 13.8. The first-order valence-corrected chi connectivity index (χ1v) is 6.42. The van der Waals surface area contributed by atoms with E-state index < -0.39 is 23.2 Å². The molecule has 0 aliphatic heterocycles. The molecule has 19 heavy (non-hydrogen) atoms. The summed E-state index contributed by atoms with van der Waals surface area (Å²) in [5, 5.41) is 0. The fourth-order valence-corrected chi connectivity index (χ4v) is 2.32.